The Balaban J connectivity index is 2.36. The van der Waals surface area contributed by atoms with Crippen LogP contribution >= 0.6 is 18.2 Å². The standard InChI is InChI=1S/C22H30NO9PS2/c1-7-31-33(24,32-8-2)34-22-13-16(9-10-19(22)28-4)23-35(25,26)12-11-18-20(29-5)14-17(27-3)15-21(18)30-6/h9-15,23H,7-8H2,1-6H3/b12-11+. The first-order valence-corrected chi connectivity index (χ1v) is 14.9. The average molecular weight is 548 g/mol. The molecule has 0 radical (unpaired) electrons. The summed E-state index contributed by atoms with van der Waals surface area (Å²) >= 11 is 0.843. The number of hydrogen-bond donors (Lipinski definition) is 1. The molecule has 13 heteroatoms. The minimum atomic E-state index is -3.95. The van der Waals surface area contributed by atoms with Crippen LogP contribution in [0, 0.1) is 0 Å². The second-order valence-corrected chi connectivity index (χ2v) is 12.1. The Morgan fingerprint density at radius 1 is 0.886 bits per heavy atom. The zero-order valence-corrected chi connectivity index (χ0v) is 22.9. The van der Waals surface area contributed by atoms with E-state index in [4.69, 9.17) is 28.0 Å². The highest BCUT2D eigenvalue weighted by Crippen LogP contribution is 2.65. The Bertz CT molecular complexity index is 1150. The Kier molecular flexibility index (Phi) is 10.8. The van der Waals surface area contributed by atoms with Crippen molar-refractivity contribution in [2.24, 2.45) is 0 Å². The fourth-order valence-corrected chi connectivity index (χ4v) is 7.30. The summed E-state index contributed by atoms with van der Waals surface area (Å²) in [5, 5.41) is 0.988. The van der Waals surface area contributed by atoms with Crippen LogP contribution in [0.4, 0.5) is 5.69 Å². The first-order chi connectivity index (χ1) is 16.6. The number of hydrogen-bond acceptors (Lipinski definition) is 10. The van der Waals surface area contributed by atoms with E-state index in [0.29, 0.717) is 33.5 Å². The van der Waals surface area contributed by atoms with Crippen LogP contribution in [0.5, 0.6) is 23.0 Å². The third kappa shape index (κ3) is 8.08. The van der Waals surface area contributed by atoms with E-state index in [1.54, 1.807) is 32.0 Å². The van der Waals surface area contributed by atoms with E-state index < -0.39 is 16.8 Å². The quantitative estimate of drug-likeness (QED) is 0.308. The number of nitrogens with one attached hydrogen (secondary N) is 1. The van der Waals surface area contributed by atoms with Gasteiger partial charge in [0.05, 0.1) is 63.2 Å². The lowest BCUT2D eigenvalue weighted by Gasteiger charge is -2.18. The maximum absolute atomic E-state index is 13.0. The summed E-state index contributed by atoms with van der Waals surface area (Å²) in [4.78, 5) is 0.389. The molecule has 10 nitrogen and oxygen atoms in total. The molecule has 0 saturated heterocycles. The van der Waals surface area contributed by atoms with Crippen LogP contribution < -0.4 is 23.7 Å². The SMILES string of the molecule is CCOP(=O)(OCC)Sc1cc(NS(=O)(=O)/C=C/c2c(OC)cc(OC)cc2OC)ccc1OC. The molecule has 194 valence electrons. The van der Waals surface area contributed by atoms with Crippen molar-refractivity contribution in [1.82, 2.24) is 0 Å². The molecule has 0 saturated carbocycles. The number of rotatable bonds is 14. The largest absolute Gasteiger partial charge is 0.496 e. The summed E-state index contributed by atoms with van der Waals surface area (Å²) in [7, 11) is 1.91. The third-order valence-electron chi connectivity index (χ3n) is 4.38. The highest BCUT2D eigenvalue weighted by atomic mass is 32.7. The van der Waals surface area contributed by atoms with E-state index in [9.17, 15) is 13.0 Å². The minimum Gasteiger partial charge on any atom is -0.496 e. The molecule has 0 spiro atoms. The van der Waals surface area contributed by atoms with Gasteiger partial charge in [0, 0.05) is 12.1 Å². The van der Waals surface area contributed by atoms with Gasteiger partial charge < -0.3 is 28.0 Å². The lowest BCUT2D eigenvalue weighted by Crippen LogP contribution is -2.09. The van der Waals surface area contributed by atoms with Crippen LogP contribution in [0.15, 0.2) is 40.6 Å². The van der Waals surface area contributed by atoms with Gasteiger partial charge in [-0.3, -0.25) is 4.72 Å². The van der Waals surface area contributed by atoms with Gasteiger partial charge in [-0.2, -0.15) is 0 Å². The van der Waals surface area contributed by atoms with Crippen molar-refractivity contribution < 1.29 is 41.0 Å². The lowest BCUT2D eigenvalue weighted by atomic mass is 10.1. The first kappa shape index (κ1) is 28.9. The smallest absolute Gasteiger partial charge is 0.393 e. The molecule has 2 aromatic rings. The Morgan fingerprint density at radius 2 is 1.46 bits per heavy atom. The van der Waals surface area contributed by atoms with Gasteiger partial charge in [0.2, 0.25) is 0 Å². The fourth-order valence-electron chi connectivity index (χ4n) is 2.89. The van der Waals surface area contributed by atoms with E-state index in [1.165, 1.54) is 46.6 Å². The molecule has 0 bridgehead atoms. The second-order valence-electron chi connectivity index (χ2n) is 6.64. The molecule has 0 amide bonds. The number of anilines is 1. The van der Waals surface area contributed by atoms with Gasteiger partial charge in [-0.1, -0.05) is 0 Å². The molecule has 0 heterocycles. The van der Waals surface area contributed by atoms with Gasteiger partial charge in [-0.15, -0.1) is 0 Å². The Morgan fingerprint density at radius 3 is 1.94 bits per heavy atom. The predicted molar refractivity (Wildman–Crippen MR) is 137 cm³/mol. The molecule has 35 heavy (non-hydrogen) atoms. The maximum atomic E-state index is 13.0. The van der Waals surface area contributed by atoms with Gasteiger partial charge >= 0.3 is 6.80 Å². The van der Waals surface area contributed by atoms with Gasteiger partial charge in [0.25, 0.3) is 10.0 Å². The van der Waals surface area contributed by atoms with Crippen LogP contribution in [-0.4, -0.2) is 50.1 Å². The monoisotopic (exact) mass is 547 g/mol. The molecule has 0 aliphatic rings. The average Bonchev–Trinajstić information content (AvgIpc) is 2.82. The van der Waals surface area contributed by atoms with Crippen LogP contribution in [-0.2, 0) is 23.6 Å². The topological polar surface area (TPSA) is 119 Å². The second kappa shape index (κ2) is 13.1. The molecular formula is C22H30NO9PS2. The molecule has 0 aromatic heterocycles. The Labute approximate surface area is 210 Å². The summed E-state index contributed by atoms with van der Waals surface area (Å²) in [6.45, 7) is 0.245. The molecule has 0 unspecified atom stereocenters. The number of sulfonamides is 1. The van der Waals surface area contributed by atoms with Crippen molar-refractivity contribution in [3.8, 4) is 23.0 Å². The molecule has 0 fully saturated rings. The minimum absolute atomic E-state index is 0.183. The molecule has 1 N–H and O–H groups in total. The lowest BCUT2D eigenvalue weighted by molar-refractivity contribution is 0.237. The van der Waals surface area contributed by atoms with E-state index >= 15 is 0 Å². The van der Waals surface area contributed by atoms with Gasteiger partial charge in [-0.25, -0.2) is 13.0 Å². The molecule has 0 aliphatic carbocycles. The number of ether oxygens (including phenoxy) is 4. The number of methoxy groups -OCH3 is 4. The summed E-state index contributed by atoms with van der Waals surface area (Å²) in [6, 6.07) is 7.80. The van der Waals surface area contributed by atoms with Crippen LogP contribution in [0.2, 0.25) is 0 Å². The van der Waals surface area contributed by atoms with Crippen LogP contribution in [0.3, 0.4) is 0 Å². The van der Waals surface area contributed by atoms with Crippen LogP contribution in [0.25, 0.3) is 6.08 Å². The van der Waals surface area contributed by atoms with E-state index in [0.717, 1.165) is 16.8 Å². The molecule has 0 aliphatic heterocycles. The van der Waals surface area contributed by atoms with Crippen LogP contribution in [0.1, 0.15) is 19.4 Å². The maximum Gasteiger partial charge on any atom is 0.393 e. The van der Waals surface area contributed by atoms with Crippen molar-refractivity contribution in [3.63, 3.8) is 0 Å². The Hall–Kier alpha value is -2.37. The third-order valence-corrected chi connectivity index (χ3v) is 9.17. The van der Waals surface area contributed by atoms with Gasteiger partial charge in [-0.05, 0) is 49.5 Å². The van der Waals surface area contributed by atoms with E-state index in [1.807, 2.05) is 0 Å². The van der Waals surface area contributed by atoms with E-state index in [-0.39, 0.29) is 18.9 Å². The highest BCUT2D eigenvalue weighted by Gasteiger charge is 2.28. The molecule has 2 rings (SSSR count). The zero-order chi connectivity index (χ0) is 26.1. The highest BCUT2D eigenvalue weighted by molar-refractivity contribution is 8.55. The molecule has 0 atom stereocenters. The van der Waals surface area contributed by atoms with Crippen molar-refractivity contribution >= 4 is 40.0 Å². The fraction of sp³-hybridized carbons (Fsp3) is 0.364. The van der Waals surface area contributed by atoms with Crippen molar-refractivity contribution in [2.45, 2.75) is 18.7 Å². The zero-order valence-electron chi connectivity index (χ0n) is 20.4. The summed E-state index contributed by atoms with van der Waals surface area (Å²) in [5.41, 5.74) is 0.646. The molecular weight excluding hydrogens is 517 g/mol. The van der Waals surface area contributed by atoms with Crippen molar-refractivity contribution in [2.75, 3.05) is 46.4 Å². The molecule has 2 aromatic carbocycles. The van der Waals surface area contributed by atoms with Gasteiger partial charge in [0.1, 0.15) is 23.0 Å². The predicted octanol–water partition coefficient (Wildman–Crippen LogP) is 5.41. The van der Waals surface area contributed by atoms with E-state index in [2.05, 4.69) is 4.72 Å². The summed E-state index contributed by atoms with van der Waals surface area (Å²) in [5.74, 6) is 1.63. The number of benzene rings is 2. The van der Waals surface area contributed by atoms with Crippen molar-refractivity contribution in [3.05, 3.63) is 41.3 Å². The van der Waals surface area contributed by atoms with Gasteiger partial charge in [0.15, 0.2) is 0 Å². The summed E-state index contributed by atoms with van der Waals surface area (Å²) < 4.78 is 72.9. The normalized spacial score (nSPS) is 11.9. The first-order valence-electron chi connectivity index (χ1n) is 10.4. The summed E-state index contributed by atoms with van der Waals surface area (Å²) in [6.07, 6.45) is 1.36. The van der Waals surface area contributed by atoms with Crippen molar-refractivity contribution in [1.29, 1.82) is 0 Å².